The number of phenols is 1. The predicted octanol–water partition coefficient (Wildman–Crippen LogP) is 3.92. The number of carbonyl (C=O) groups excluding carboxylic acids is 2. The first kappa shape index (κ1) is 17.7. The topological polar surface area (TPSA) is 63.6 Å². The minimum atomic E-state index is -0.593. The van der Waals surface area contributed by atoms with Crippen LogP contribution in [0.25, 0.3) is 0 Å². The van der Waals surface area contributed by atoms with Crippen LogP contribution in [0.15, 0.2) is 36.4 Å². The summed E-state index contributed by atoms with van der Waals surface area (Å²) in [4.78, 5) is 25.2. The Morgan fingerprint density at radius 2 is 1.71 bits per heavy atom. The van der Waals surface area contributed by atoms with Gasteiger partial charge in [0.2, 0.25) is 0 Å². The van der Waals surface area contributed by atoms with Crippen molar-refractivity contribution < 1.29 is 19.4 Å². The Labute approximate surface area is 142 Å². The van der Waals surface area contributed by atoms with E-state index >= 15 is 0 Å². The van der Waals surface area contributed by atoms with Crippen molar-refractivity contribution in [2.45, 2.75) is 33.6 Å². The fraction of sp³-hybridized carbons (Fsp3) is 0.300. The van der Waals surface area contributed by atoms with Crippen LogP contribution in [0.1, 0.15) is 58.2 Å². The molecule has 0 aromatic heterocycles. The summed E-state index contributed by atoms with van der Waals surface area (Å²) in [5.41, 5.74) is 2.11. The molecule has 2 aromatic rings. The molecular formula is C20H22O4. The highest BCUT2D eigenvalue weighted by Gasteiger charge is 2.26. The third kappa shape index (κ3) is 3.32. The molecular weight excluding hydrogens is 304 g/mol. The molecule has 0 aliphatic rings. The van der Waals surface area contributed by atoms with E-state index in [4.69, 9.17) is 4.74 Å². The Bertz CT molecular complexity index is 748. The number of ether oxygens (including phenoxy) is 1. The summed E-state index contributed by atoms with van der Waals surface area (Å²) >= 11 is 0. The standard InChI is InChI=1S/C20H22O4/c1-4-13-12-16(20(23)24-6-3)17(19(22)15(13)5-2)18(21)14-10-8-7-9-11-14/h7-12,22H,4-6H2,1-3H3. The summed E-state index contributed by atoms with van der Waals surface area (Å²) < 4.78 is 5.08. The predicted molar refractivity (Wildman–Crippen MR) is 92.7 cm³/mol. The molecule has 0 bridgehead atoms. The average molecular weight is 326 g/mol. The van der Waals surface area contributed by atoms with Crippen LogP contribution in [0.4, 0.5) is 0 Å². The van der Waals surface area contributed by atoms with Crippen molar-refractivity contribution in [1.82, 2.24) is 0 Å². The van der Waals surface area contributed by atoms with Crippen molar-refractivity contribution in [1.29, 1.82) is 0 Å². The van der Waals surface area contributed by atoms with Gasteiger partial charge < -0.3 is 9.84 Å². The van der Waals surface area contributed by atoms with Gasteiger partial charge in [0.25, 0.3) is 0 Å². The molecule has 0 spiro atoms. The molecule has 2 rings (SSSR count). The summed E-state index contributed by atoms with van der Waals surface area (Å²) in [6.07, 6.45) is 1.23. The molecule has 4 nitrogen and oxygen atoms in total. The number of hydrogen-bond acceptors (Lipinski definition) is 4. The summed E-state index contributed by atoms with van der Waals surface area (Å²) in [7, 11) is 0. The van der Waals surface area contributed by atoms with Crippen LogP contribution in [-0.4, -0.2) is 23.5 Å². The summed E-state index contributed by atoms with van der Waals surface area (Å²) in [6, 6.07) is 10.3. The third-order valence-corrected chi connectivity index (χ3v) is 3.99. The quantitative estimate of drug-likeness (QED) is 0.645. The molecule has 0 fully saturated rings. The maximum Gasteiger partial charge on any atom is 0.339 e. The first-order chi connectivity index (χ1) is 11.5. The van der Waals surface area contributed by atoms with E-state index in [2.05, 4.69) is 0 Å². The zero-order chi connectivity index (χ0) is 17.7. The number of aryl methyl sites for hydroxylation is 1. The van der Waals surface area contributed by atoms with Crippen LogP contribution in [0.5, 0.6) is 5.75 Å². The van der Waals surface area contributed by atoms with Gasteiger partial charge in [-0.3, -0.25) is 4.79 Å². The summed E-state index contributed by atoms with van der Waals surface area (Å²) in [5.74, 6) is -1.09. The number of carbonyl (C=O) groups is 2. The van der Waals surface area contributed by atoms with Crippen molar-refractivity contribution in [2.24, 2.45) is 0 Å². The number of aromatic hydroxyl groups is 1. The van der Waals surface area contributed by atoms with Gasteiger partial charge in [-0.1, -0.05) is 44.2 Å². The highest BCUT2D eigenvalue weighted by molar-refractivity contribution is 6.16. The Kier molecular flexibility index (Phi) is 5.74. The van der Waals surface area contributed by atoms with Gasteiger partial charge in [0.05, 0.1) is 17.7 Å². The smallest absolute Gasteiger partial charge is 0.339 e. The SMILES string of the molecule is CCOC(=O)c1cc(CC)c(CC)c(O)c1C(=O)c1ccccc1. The van der Waals surface area contributed by atoms with Gasteiger partial charge in [0, 0.05) is 5.56 Å². The lowest BCUT2D eigenvalue weighted by atomic mass is 9.90. The van der Waals surface area contributed by atoms with Crippen molar-refractivity contribution >= 4 is 11.8 Å². The molecule has 126 valence electrons. The minimum absolute atomic E-state index is 0.0219. The lowest BCUT2D eigenvalue weighted by Gasteiger charge is -2.16. The van der Waals surface area contributed by atoms with Gasteiger partial charge in [0.15, 0.2) is 5.78 Å². The van der Waals surface area contributed by atoms with E-state index in [0.717, 1.165) is 5.56 Å². The van der Waals surface area contributed by atoms with Crippen LogP contribution in [-0.2, 0) is 17.6 Å². The average Bonchev–Trinajstić information content (AvgIpc) is 2.61. The molecule has 0 aliphatic heterocycles. The first-order valence-electron chi connectivity index (χ1n) is 8.19. The van der Waals surface area contributed by atoms with Crippen LogP contribution in [0, 0.1) is 0 Å². The van der Waals surface area contributed by atoms with Crippen molar-refractivity contribution in [3.63, 3.8) is 0 Å². The number of esters is 1. The molecule has 0 heterocycles. The second-order valence-corrected chi connectivity index (χ2v) is 5.41. The first-order valence-corrected chi connectivity index (χ1v) is 8.19. The Hall–Kier alpha value is -2.62. The molecule has 0 amide bonds. The van der Waals surface area contributed by atoms with Gasteiger partial charge in [-0.25, -0.2) is 4.79 Å². The third-order valence-electron chi connectivity index (χ3n) is 3.99. The number of hydrogen-bond donors (Lipinski definition) is 1. The molecule has 2 aromatic carbocycles. The molecule has 0 saturated heterocycles. The van der Waals surface area contributed by atoms with E-state index in [-0.39, 0.29) is 29.3 Å². The van der Waals surface area contributed by atoms with Gasteiger partial charge in [-0.05, 0) is 37.0 Å². The van der Waals surface area contributed by atoms with Crippen LogP contribution >= 0.6 is 0 Å². The van der Waals surface area contributed by atoms with Gasteiger partial charge in [-0.2, -0.15) is 0 Å². The Morgan fingerprint density at radius 3 is 2.25 bits per heavy atom. The molecule has 0 aliphatic carbocycles. The summed E-state index contributed by atoms with van der Waals surface area (Å²) in [6.45, 7) is 5.77. The summed E-state index contributed by atoms with van der Waals surface area (Å²) in [5, 5.41) is 10.7. The lowest BCUT2D eigenvalue weighted by Crippen LogP contribution is -2.15. The minimum Gasteiger partial charge on any atom is -0.507 e. The normalized spacial score (nSPS) is 10.5. The molecule has 24 heavy (non-hydrogen) atoms. The van der Waals surface area contributed by atoms with E-state index in [9.17, 15) is 14.7 Å². The fourth-order valence-corrected chi connectivity index (χ4v) is 2.81. The number of benzene rings is 2. The van der Waals surface area contributed by atoms with Crippen LogP contribution in [0.3, 0.4) is 0 Å². The zero-order valence-electron chi connectivity index (χ0n) is 14.3. The molecule has 4 heteroatoms. The molecule has 0 atom stereocenters. The monoisotopic (exact) mass is 326 g/mol. The second kappa shape index (κ2) is 7.77. The number of phenolic OH excluding ortho intramolecular Hbond substituents is 1. The fourth-order valence-electron chi connectivity index (χ4n) is 2.81. The molecule has 1 N–H and O–H groups in total. The van der Waals surface area contributed by atoms with Gasteiger partial charge in [0.1, 0.15) is 5.75 Å². The van der Waals surface area contributed by atoms with E-state index in [1.165, 1.54) is 0 Å². The lowest BCUT2D eigenvalue weighted by molar-refractivity contribution is 0.0522. The van der Waals surface area contributed by atoms with E-state index < -0.39 is 5.97 Å². The maximum atomic E-state index is 12.9. The van der Waals surface area contributed by atoms with Gasteiger partial charge >= 0.3 is 5.97 Å². The maximum absolute atomic E-state index is 12.9. The largest absolute Gasteiger partial charge is 0.507 e. The van der Waals surface area contributed by atoms with Crippen LogP contribution < -0.4 is 0 Å². The van der Waals surface area contributed by atoms with Crippen molar-refractivity contribution in [3.05, 3.63) is 64.2 Å². The Morgan fingerprint density at radius 1 is 1.04 bits per heavy atom. The molecule has 0 saturated carbocycles. The van der Waals surface area contributed by atoms with Crippen LogP contribution in [0.2, 0.25) is 0 Å². The highest BCUT2D eigenvalue weighted by atomic mass is 16.5. The van der Waals surface area contributed by atoms with E-state index in [1.54, 1.807) is 43.3 Å². The second-order valence-electron chi connectivity index (χ2n) is 5.41. The zero-order valence-corrected chi connectivity index (χ0v) is 14.3. The molecule has 0 radical (unpaired) electrons. The van der Waals surface area contributed by atoms with Gasteiger partial charge in [-0.15, -0.1) is 0 Å². The molecule has 0 unspecified atom stereocenters. The van der Waals surface area contributed by atoms with E-state index in [0.29, 0.717) is 24.0 Å². The van der Waals surface area contributed by atoms with Crippen molar-refractivity contribution in [2.75, 3.05) is 6.61 Å². The highest BCUT2D eigenvalue weighted by Crippen LogP contribution is 2.33. The number of ketones is 1. The number of rotatable bonds is 6. The van der Waals surface area contributed by atoms with E-state index in [1.807, 2.05) is 13.8 Å². The van der Waals surface area contributed by atoms with Crippen molar-refractivity contribution in [3.8, 4) is 5.75 Å². The Balaban J connectivity index is 2.71.